The highest BCUT2D eigenvalue weighted by molar-refractivity contribution is 7.91. The zero-order valence-electron chi connectivity index (χ0n) is 31.0. The number of carbonyl (C=O) groups excluding carboxylic acids is 3. The Morgan fingerprint density at radius 3 is 2.24 bits per heavy atom. The summed E-state index contributed by atoms with van der Waals surface area (Å²) in [7, 11) is -1.63. The number of hydrogen-bond donors (Lipinski definition) is 3. The number of methoxy groups -OCH3 is 1. The van der Waals surface area contributed by atoms with Crippen LogP contribution in [0.2, 0.25) is 0 Å². The van der Waals surface area contributed by atoms with Crippen molar-refractivity contribution in [3.63, 3.8) is 0 Å². The molecule has 3 aromatic carbocycles. The van der Waals surface area contributed by atoms with Crippen molar-refractivity contribution in [3.8, 4) is 22.4 Å². The van der Waals surface area contributed by atoms with E-state index in [2.05, 4.69) is 37.6 Å². The van der Waals surface area contributed by atoms with Crippen molar-refractivity contribution in [3.05, 3.63) is 95.4 Å². The summed E-state index contributed by atoms with van der Waals surface area (Å²) in [4.78, 5) is 50.5. The van der Waals surface area contributed by atoms with Crippen LogP contribution in [0.4, 0.5) is 10.5 Å². The van der Waals surface area contributed by atoms with Crippen LogP contribution in [0.3, 0.4) is 0 Å². The van der Waals surface area contributed by atoms with E-state index in [-0.39, 0.29) is 62.3 Å². The van der Waals surface area contributed by atoms with Crippen LogP contribution in [-0.4, -0.2) is 90.4 Å². The molecule has 3 N–H and O–H groups in total. The summed E-state index contributed by atoms with van der Waals surface area (Å²) in [5.74, 6) is 0.645. The van der Waals surface area contributed by atoms with Crippen LogP contribution >= 0.6 is 27.0 Å². The quantitative estimate of drug-likeness (QED) is 0.182. The van der Waals surface area contributed by atoms with Gasteiger partial charge in [-0.1, -0.05) is 50.2 Å². The number of aryl methyl sites for hydroxylation is 1. The second kappa shape index (κ2) is 18.3. The zero-order chi connectivity index (χ0) is 37.0. The number of aromatic nitrogens is 2. The van der Waals surface area contributed by atoms with Gasteiger partial charge in [-0.05, 0) is 83.8 Å². The molecule has 3 heterocycles. The lowest BCUT2D eigenvalue weighted by molar-refractivity contribution is -0.135. The minimum Gasteiger partial charge on any atom is -0.453 e. The SMILES string of the molecule is COC(=O)N[C@H](C(=O)N1CCC[C@H]1c1ncc(-c2ccc(-c3ccc(C(=O)Nc4ccc(CN5CCS(=O)(=O)CC5)cc4)cc3)c(C)c2)[nH]1)C(C)C.S.S. The third kappa shape index (κ3) is 10.1. The van der Waals surface area contributed by atoms with Crippen molar-refractivity contribution in [2.45, 2.75) is 52.2 Å². The van der Waals surface area contributed by atoms with E-state index in [4.69, 9.17) is 4.74 Å². The number of ether oxygens (including phenoxy) is 1. The number of imidazole rings is 1. The first-order chi connectivity index (χ1) is 24.9. The minimum absolute atomic E-state index is 0. The van der Waals surface area contributed by atoms with Crippen LogP contribution in [0, 0.1) is 12.8 Å². The monoisotopic (exact) mass is 794 g/mol. The van der Waals surface area contributed by atoms with Crippen molar-refractivity contribution >= 4 is 60.4 Å². The maximum atomic E-state index is 13.5. The molecule has 2 aliphatic heterocycles. The van der Waals surface area contributed by atoms with Gasteiger partial charge in [0, 0.05) is 37.4 Å². The number of alkyl carbamates (subject to hydrolysis) is 1. The maximum Gasteiger partial charge on any atom is 0.407 e. The Morgan fingerprint density at radius 2 is 1.61 bits per heavy atom. The van der Waals surface area contributed by atoms with Crippen LogP contribution in [0.15, 0.2) is 72.9 Å². The van der Waals surface area contributed by atoms with Crippen molar-refractivity contribution in [2.24, 2.45) is 5.92 Å². The van der Waals surface area contributed by atoms with Crippen molar-refractivity contribution in [1.29, 1.82) is 0 Å². The van der Waals surface area contributed by atoms with Gasteiger partial charge in [0.1, 0.15) is 11.9 Å². The lowest BCUT2D eigenvalue weighted by Gasteiger charge is -2.30. The maximum absolute atomic E-state index is 13.5. The number of likely N-dealkylation sites (tertiary alicyclic amines) is 1. The van der Waals surface area contributed by atoms with Gasteiger partial charge in [-0.25, -0.2) is 18.2 Å². The van der Waals surface area contributed by atoms with E-state index in [1.165, 1.54) is 7.11 Å². The lowest BCUT2D eigenvalue weighted by atomic mass is 9.97. The molecule has 2 aliphatic rings. The van der Waals surface area contributed by atoms with E-state index < -0.39 is 22.0 Å². The molecule has 54 heavy (non-hydrogen) atoms. The number of hydrogen-bond acceptors (Lipinski definition) is 8. The Morgan fingerprint density at radius 1 is 0.944 bits per heavy atom. The summed E-state index contributed by atoms with van der Waals surface area (Å²) in [6, 6.07) is 20.4. The van der Waals surface area contributed by atoms with Gasteiger partial charge < -0.3 is 25.3 Å². The smallest absolute Gasteiger partial charge is 0.407 e. The Bertz CT molecular complexity index is 2020. The van der Waals surface area contributed by atoms with Gasteiger partial charge in [-0.2, -0.15) is 27.0 Å². The van der Waals surface area contributed by atoms with Gasteiger partial charge in [-0.3, -0.25) is 14.5 Å². The Hall–Kier alpha value is -4.31. The molecule has 4 aromatic rings. The first-order valence-electron chi connectivity index (χ1n) is 17.6. The number of aromatic amines is 1. The number of benzene rings is 3. The van der Waals surface area contributed by atoms with Crippen LogP contribution in [-0.2, 0) is 25.9 Å². The highest BCUT2D eigenvalue weighted by Crippen LogP contribution is 2.34. The predicted molar refractivity (Wildman–Crippen MR) is 221 cm³/mol. The normalized spacial score (nSPS) is 17.2. The summed E-state index contributed by atoms with van der Waals surface area (Å²) < 4.78 is 28.1. The molecule has 290 valence electrons. The van der Waals surface area contributed by atoms with E-state index in [1.54, 1.807) is 11.1 Å². The number of rotatable bonds is 10. The number of nitrogens with zero attached hydrogens (tertiary/aromatic N) is 3. The Balaban J connectivity index is 0.00000325. The third-order valence-corrected chi connectivity index (χ3v) is 11.5. The molecule has 2 saturated heterocycles. The Kier molecular flexibility index (Phi) is 14.4. The van der Waals surface area contributed by atoms with Gasteiger partial charge in [0.15, 0.2) is 9.84 Å². The molecule has 15 heteroatoms. The molecule has 12 nitrogen and oxygen atoms in total. The van der Waals surface area contributed by atoms with Crippen molar-refractivity contribution < 1.29 is 27.5 Å². The first kappa shape index (κ1) is 42.4. The van der Waals surface area contributed by atoms with Gasteiger partial charge in [0.2, 0.25) is 5.91 Å². The highest BCUT2D eigenvalue weighted by Gasteiger charge is 2.37. The fourth-order valence-corrected chi connectivity index (χ4v) is 8.14. The number of anilines is 1. The van der Waals surface area contributed by atoms with Crippen LogP contribution in [0.5, 0.6) is 0 Å². The fraction of sp³-hybridized carbons (Fsp3) is 0.385. The molecule has 0 spiro atoms. The molecule has 0 radical (unpaired) electrons. The second-order valence-electron chi connectivity index (χ2n) is 13.9. The fourth-order valence-electron chi connectivity index (χ4n) is 6.87. The molecule has 3 amide bonds. The molecular weight excluding hydrogens is 745 g/mol. The standard InChI is InChI=1S/C39H46N6O6S.2H2S/c1-25(2)35(43-39(48)51-4)38(47)45-17-5-6-34(45)36-40-23-33(42-36)30-13-16-32(26(3)22-30)28-9-11-29(12-10-28)37(46)41-31-14-7-27(8-15-31)24-44-18-20-52(49,50)21-19-44;;/h7-16,22-23,25,34-35H,5-6,17-21,24H2,1-4H3,(H,40,42)(H,41,46)(H,43,48);2*1H2/t34-,35-;;/m0../s1. The topological polar surface area (TPSA) is 154 Å². The number of nitrogens with one attached hydrogen (secondary N) is 3. The second-order valence-corrected chi connectivity index (χ2v) is 16.2. The average molecular weight is 795 g/mol. The van der Waals surface area contributed by atoms with E-state index in [0.29, 0.717) is 43.3 Å². The van der Waals surface area contributed by atoms with Crippen LogP contribution in [0.25, 0.3) is 22.4 Å². The summed E-state index contributed by atoms with van der Waals surface area (Å²) in [5.41, 5.74) is 7.20. The van der Waals surface area contributed by atoms with Gasteiger partial charge in [0.25, 0.3) is 5.91 Å². The first-order valence-corrected chi connectivity index (χ1v) is 19.5. The van der Waals surface area contributed by atoms with E-state index in [1.807, 2.05) is 75.4 Å². The number of carbonyl (C=O) groups is 3. The number of H-pyrrole nitrogens is 1. The summed E-state index contributed by atoms with van der Waals surface area (Å²) in [6.07, 6.45) is 2.78. The number of sulfone groups is 1. The molecule has 1 aromatic heterocycles. The van der Waals surface area contributed by atoms with Crippen molar-refractivity contribution in [2.75, 3.05) is 43.6 Å². The van der Waals surface area contributed by atoms with Crippen LogP contribution in [0.1, 0.15) is 60.0 Å². The third-order valence-electron chi connectivity index (χ3n) is 9.89. The largest absolute Gasteiger partial charge is 0.453 e. The van der Waals surface area contributed by atoms with E-state index >= 15 is 0 Å². The molecule has 0 unspecified atom stereocenters. The Labute approximate surface area is 331 Å². The van der Waals surface area contributed by atoms with Gasteiger partial charge >= 0.3 is 6.09 Å². The summed E-state index contributed by atoms with van der Waals surface area (Å²) >= 11 is 0. The van der Waals surface area contributed by atoms with Gasteiger partial charge in [0.05, 0.1) is 36.5 Å². The summed E-state index contributed by atoms with van der Waals surface area (Å²) in [5, 5.41) is 5.65. The van der Waals surface area contributed by atoms with E-state index in [0.717, 1.165) is 46.4 Å². The van der Waals surface area contributed by atoms with Crippen molar-refractivity contribution in [1.82, 2.24) is 25.1 Å². The molecule has 0 saturated carbocycles. The van der Waals surface area contributed by atoms with Crippen LogP contribution < -0.4 is 10.6 Å². The average Bonchev–Trinajstić information content (AvgIpc) is 3.83. The molecule has 2 atom stereocenters. The lowest BCUT2D eigenvalue weighted by Crippen LogP contribution is -2.51. The molecule has 0 bridgehead atoms. The predicted octanol–water partition coefficient (Wildman–Crippen LogP) is 5.80. The van der Waals surface area contributed by atoms with E-state index in [9.17, 15) is 22.8 Å². The molecular formula is C39H50N6O6S3. The zero-order valence-corrected chi connectivity index (χ0v) is 33.8. The van der Waals surface area contributed by atoms with Gasteiger partial charge in [-0.15, -0.1) is 0 Å². The minimum atomic E-state index is -2.91. The molecule has 2 fully saturated rings. The highest BCUT2D eigenvalue weighted by atomic mass is 32.2. The molecule has 6 rings (SSSR count). The summed E-state index contributed by atoms with van der Waals surface area (Å²) in [6.45, 7) is 8.17. The molecule has 0 aliphatic carbocycles. The number of amides is 3.